The van der Waals surface area contributed by atoms with Gasteiger partial charge in [-0.05, 0) is 24.0 Å². The van der Waals surface area contributed by atoms with E-state index < -0.39 is 0 Å². The van der Waals surface area contributed by atoms with Gasteiger partial charge in [-0.15, -0.1) is 0 Å². The number of benzene rings is 1. The first-order valence-corrected chi connectivity index (χ1v) is 6.16. The number of rotatable bonds is 6. The molecule has 2 heteroatoms. The van der Waals surface area contributed by atoms with Crippen LogP contribution in [0.2, 0.25) is 0 Å². The Hall–Kier alpha value is -1.15. The van der Waals surface area contributed by atoms with Crippen LogP contribution in [0.5, 0.6) is 0 Å². The van der Waals surface area contributed by atoms with Gasteiger partial charge in [0.25, 0.3) is 0 Å². The van der Waals surface area contributed by atoms with Gasteiger partial charge >= 0.3 is 0 Å². The van der Waals surface area contributed by atoms with E-state index in [1.165, 1.54) is 5.56 Å². The fourth-order valence-corrected chi connectivity index (χ4v) is 1.72. The zero-order valence-corrected chi connectivity index (χ0v) is 11.2. The third-order valence-corrected chi connectivity index (χ3v) is 2.97. The van der Waals surface area contributed by atoms with Crippen LogP contribution >= 0.6 is 0 Å². The number of Topliss-reactive ketones (excluding diaryl/α,β-unsaturated/α-hetero) is 1. The van der Waals surface area contributed by atoms with E-state index in [0.717, 1.165) is 5.56 Å². The highest BCUT2D eigenvalue weighted by atomic mass is 16.5. The topological polar surface area (TPSA) is 26.3 Å². The number of carbonyl (C=O) groups excluding carboxylic acids is 1. The van der Waals surface area contributed by atoms with Gasteiger partial charge in [-0.3, -0.25) is 4.79 Å². The van der Waals surface area contributed by atoms with Crippen molar-refractivity contribution in [2.45, 2.75) is 45.6 Å². The Balaban J connectivity index is 2.54. The SMILES string of the molecule is COC(C)CC(=O)Cc1ccc(C(C)C)cc1. The molecule has 1 aromatic rings. The molecule has 0 aliphatic rings. The second kappa shape index (κ2) is 6.55. The van der Waals surface area contributed by atoms with E-state index in [1.807, 2.05) is 19.1 Å². The maximum atomic E-state index is 11.7. The molecule has 0 saturated heterocycles. The summed E-state index contributed by atoms with van der Waals surface area (Å²) in [6, 6.07) is 8.30. The van der Waals surface area contributed by atoms with Crippen LogP contribution < -0.4 is 0 Å². The van der Waals surface area contributed by atoms with Crippen molar-refractivity contribution < 1.29 is 9.53 Å². The molecule has 0 heterocycles. The molecule has 0 bridgehead atoms. The van der Waals surface area contributed by atoms with Crippen molar-refractivity contribution in [1.82, 2.24) is 0 Å². The fourth-order valence-electron chi connectivity index (χ4n) is 1.72. The largest absolute Gasteiger partial charge is 0.381 e. The minimum atomic E-state index is 0.0115. The molecule has 0 amide bonds. The van der Waals surface area contributed by atoms with E-state index in [2.05, 4.69) is 26.0 Å². The lowest BCUT2D eigenvalue weighted by molar-refractivity contribution is -0.120. The molecule has 94 valence electrons. The van der Waals surface area contributed by atoms with Gasteiger partial charge in [0.1, 0.15) is 5.78 Å². The second-order valence-electron chi connectivity index (χ2n) is 4.86. The van der Waals surface area contributed by atoms with Crippen LogP contribution in [0.15, 0.2) is 24.3 Å². The Morgan fingerprint density at radius 3 is 2.24 bits per heavy atom. The average Bonchev–Trinajstić information content (AvgIpc) is 2.29. The van der Waals surface area contributed by atoms with Gasteiger partial charge in [-0.1, -0.05) is 38.1 Å². The molecule has 0 radical (unpaired) electrons. The molecule has 0 aromatic heterocycles. The molecule has 1 rings (SSSR count). The summed E-state index contributed by atoms with van der Waals surface area (Å²) in [7, 11) is 1.63. The Morgan fingerprint density at radius 2 is 1.76 bits per heavy atom. The van der Waals surface area contributed by atoms with Crippen molar-refractivity contribution in [1.29, 1.82) is 0 Å². The number of hydrogen-bond donors (Lipinski definition) is 0. The summed E-state index contributed by atoms with van der Waals surface area (Å²) in [5.41, 5.74) is 2.40. The van der Waals surface area contributed by atoms with Crippen LogP contribution in [-0.4, -0.2) is 19.0 Å². The highest BCUT2D eigenvalue weighted by molar-refractivity contribution is 5.81. The Morgan fingerprint density at radius 1 is 1.18 bits per heavy atom. The molecule has 0 fully saturated rings. The maximum Gasteiger partial charge on any atom is 0.139 e. The lowest BCUT2D eigenvalue weighted by atomic mass is 9.99. The summed E-state index contributed by atoms with van der Waals surface area (Å²) in [6.07, 6.45) is 1.01. The Kier molecular flexibility index (Phi) is 5.36. The molecule has 1 atom stereocenters. The van der Waals surface area contributed by atoms with Crippen molar-refractivity contribution in [3.8, 4) is 0 Å². The molecule has 1 aromatic carbocycles. The Bertz CT molecular complexity index is 352. The fraction of sp³-hybridized carbons (Fsp3) is 0.533. The smallest absolute Gasteiger partial charge is 0.139 e. The summed E-state index contributed by atoms with van der Waals surface area (Å²) in [4.78, 5) is 11.7. The van der Waals surface area contributed by atoms with Crippen LogP contribution in [0, 0.1) is 0 Å². The lowest BCUT2D eigenvalue weighted by Crippen LogP contribution is -2.13. The van der Waals surface area contributed by atoms with Gasteiger partial charge in [0, 0.05) is 20.0 Å². The highest BCUT2D eigenvalue weighted by Gasteiger charge is 2.09. The van der Waals surface area contributed by atoms with Crippen molar-refractivity contribution >= 4 is 5.78 Å². The van der Waals surface area contributed by atoms with E-state index in [0.29, 0.717) is 18.8 Å². The van der Waals surface area contributed by atoms with Gasteiger partial charge in [0.15, 0.2) is 0 Å². The number of ether oxygens (including phenoxy) is 1. The standard InChI is InChI=1S/C15H22O2/c1-11(2)14-7-5-13(6-8-14)10-15(16)9-12(3)17-4/h5-8,11-12H,9-10H2,1-4H3. The first-order chi connectivity index (χ1) is 8.02. The van der Waals surface area contributed by atoms with Crippen LogP contribution in [0.4, 0.5) is 0 Å². The van der Waals surface area contributed by atoms with Gasteiger partial charge < -0.3 is 4.74 Å². The summed E-state index contributed by atoms with van der Waals surface area (Å²) >= 11 is 0. The van der Waals surface area contributed by atoms with Crippen molar-refractivity contribution in [3.63, 3.8) is 0 Å². The number of ketones is 1. The summed E-state index contributed by atoms with van der Waals surface area (Å²) < 4.78 is 5.09. The maximum absolute atomic E-state index is 11.7. The van der Waals surface area contributed by atoms with Gasteiger partial charge in [0.05, 0.1) is 6.10 Å². The Labute approximate surface area is 104 Å². The number of carbonyl (C=O) groups is 1. The molecular formula is C15H22O2. The van der Waals surface area contributed by atoms with E-state index in [1.54, 1.807) is 7.11 Å². The first kappa shape index (κ1) is 13.9. The monoisotopic (exact) mass is 234 g/mol. The van der Waals surface area contributed by atoms with Crippen molar-refractivity contribution in [2.24, 2.45) is 0 Å². The first-order valence-electron chi connectivity index (χ1n) is 6.16. The second-order valence-corrected chi connectivity index (χ2v) is 4.86. The predicted molar refractivity (Wildman–Crippen MR) is 70.3 cm³/mol. The molecular weight excluding hydrogens is 212 g/mol. The summed E-state index contributed by atoms with van der Waals surface area (Å²) in [5.74, 6) is 0.768. The van der Waals surface area contributed by atoms with E-state index in [-0.39, 0.29) is 11.9 Å². The molecule has 2 nitrogen and oxygen atoms in total. The number of hydrogen-bond acceptors (Lipinski definition) is 2. The summed E-state index contributed by atoms with van der Waals surface area (Å²) in [6.45, 7) is 6.25. The van der Waals surface area contributed by atoms with Gasteiger partial charge in [-0.2, -0.15) is 0 Å². The summed E-state index contributed by atoms with van der Waals surface area (Å²) in [5, 5.41) is 0. The minimum absolute atomic E-state index is 0.0115. The van der Waals surface area contributed by atoms with Crippen LogP contribution in [0.25, 0.3) is 0 Å². The van der Waals surface area contributed by atoms with Crippen LogP contribution in [0.3, 0.4) is 0 Å². The van der Waals surface area contributed by atoms with Gasteiger partial charge in [0.2, 0.25) is 0 Å². The third kappa shape index (κ3) is 4.70. The number of methoxy groups -OCH3 is 1. The molecule has 0 saturated carbocycles. The van der Waals surface area contributed by atoms with E-state index in [9.17, 15) is 4.79 Å². The molecule has 1 unspecified atom stereocenters. The normalized spacial score (nSPS) is 12.8. The lowest BCUT2D eigenvalue weighted by Gasteiger charge is -2.09. The third-order valence-electron chi connectivity index (χ3n) is 2.97. The molecule has 0 N–H and O–H groups in total. The van der Waals surface area contributed by atoms with Crippen molar-refractivity contribution in [3.05, 3.63) is 35.4 Å². The molecule has 17 heavy (non-hydrogen) atoms. The molecule has 0 aliphatic heterocycles. The van der Waals surface area contributed by atoms with E-state index in [4.69, 9.17) is 4.74 Å². The van der Waals surface area contributed by atoms with Crippen LogP contribution in [0.1, 0.15) is 44.2 Å². The minimum Gasteiger partial charge on any atom is -0.381 e. The van der Waals surface area contributed by atoms with Crippen molar-refractivity contribution in [2.75, 3.05) is 7.11 Å². The zero-order valence-electron chi connectivity index (χ0n) is 11.2. The zero-order chi connectivity index (χ0) is 12.8. The van der Waals surface area contributed by atoms with Crippen LogP contribution in [-0.2, 0) is 16.0 Å². The van der Waals surface area contributed by atoms with Gasteiger partial charge in [-0.25, -0.2) is 0 Å². The highest BCUT2D eigenvalue weighted by Crippen LogP contribution is 2.15. The average molecular weight is 234 g/mol. The predicted octanol–water partition coefficient (Wildman–Crippen LogP) is 3.35. The quantitative estimate of drug-likeness (QED) is 0.754. The van der Waals surface area contributed by atoms with E-state index >= 15 is 0 Å². The molecule has 0 spiro atoms. The molecule has 0 aliphatic carbocycles.